The Balaban J connectivity index is 2.24. The van der Waals surface area contributed by atoms with E-state index in [1.165, 1.54) is 0 Å². The van der Waals surface area contributed by atoms with Crippen LogP contribution in [-0.4, -0.2) is 18.5 Å². The van der Waals surface area contributed by atoms with Crippen LogP contribution in [0, 0.1) is 0 Å². The average molecular weight is 209 g/mol. The molecule has 1 heterocycles. The molecule has 3 N–H and O–H groups in total. The molecule has 0 fully saturated rings. The van der Waals surface area contributed by atoms with Gasteiger partial charge in [-0.1, -0.05) is 0 Å². The summed E-state index contributed by atoms with van der Waals surface area (Å²) >= 11 is 0. The third-order valence-electron chi connectivity index (χ3n) is 2.13. The summed E-state index contributed by atoms with van der Waals surface area (Å²) in [4.78, 5) is 4.07. The summed E-state index contributed by atoms with van der Waals surface area (Å²) in [5.74, 6) is 1.53. The van der Waals surface area contributed by atoms with Crippen molar-refractivity contribution in [3.05, 3.63) is 24.2 Å². The number of nitrogens with zero attached hydrogens (tertiary/aromatic N) is 1. The summed E-state index contributed by atoms with van der Waals surface area (Å²) in [5.41, 5.74) is 5.65. The highest BCUT2D eigenvalue weighted by molar-refractivity contribution is 5.78. The lowest BCUT2D eigenvalue weighted by Gasteiger charge is -2.13. The van der Waals surface area contributed by atoms with Gasteiger partial charge >= 0.3 is 0 Å². The van der Waals surface area contributed by atoms with Gasteiger partial charge in [0.1, 0.15) is 5.76 Å². The summed E-state index contributed by atoms with van der Waals surface area (Å²) in [6.45, 7) is 4.76. The Bertz CT molecular complexity index is 293. The van der Waals surface area contributed by atoms with Crippen molar-refractivity contribution >= 4 is 5.96 Å². The van der Waals surface area contributed by atoms with Crippen LogP contribution in [0.25, 0.3) is 0 Å². The standard InChI is InChI=1S/C11H19N3O/c1-3-13-11(12)14-9(2)6-7-10-5-4-8-15-10/h4-5,8-9H,3,6-7H2,1-2H3,(H3,12,13,14). The molecule has 1 unspecified atom stereocenters. The van der Waals surface area contributed by atoms with E-state index in [0.717, 1.165) is 18.6 Å². The van der Waals surface area contributed by atoms with Crippen molar-refractivity contribution in [2.75, 3.05) is 6.54 Å². The van der Waals surface area contributed by atoms with Gasteiger partial charge < -0.3 is 15.5 Å². The van der Waals surface area contributed by atoms with Crippen LogP contribution < -0.4 is 11.1 Å². The van der Waals surface area contributed by atoms with Crippen molar-refractivity contribution in [3.8, 4) is 0 Å². The number of guanidine groups is 1. The highest BCUT2D eigenvalue weighted by Gasteiger charge is 2.04. The Morgan fingerprint density at radius 3 is 3.07 bits per heavy atom. The molecule has 1 atom stereocenters. The zero-order valence-corrected chi connectivity index (χ0v) is 9.36. The first kappa shape index (κ1) is 11.6. The number of hydrogen-bond donors (Lipinski definition) is 2. The molecule has 0 radical (unpaired) electrons. The second kappa shape index (κ2) is 6.11. The molecule has 0 amide bonds. The molecule has 4 nitrogen and oxygen atoms in total. The first-order chi connectivity index (χ1) is 7.22. The average Bonchev–Trinajstić information content (AvgIpc) is 2.67. The van der Waals surface area contributed by atoms with Crippen LogP contribution in [-0.2, 0) is 6.42 Å². The van der Waals surface area contributed by atoms with Gasteiger partial charge in [0.05, 0.1) is 6.26 Å². The molecule has 1 rings (SSSR count). The van der Waals surface area contributed by atoms with Crippen LogP contribution in [0.4, 0.5) is 0 Å². The van der Waals surface area contributed by atoms with Crippen molar-refractivity contribution in [1.29, 1.82) is 0 Å². The van der Waals surface area contributed by atoms with Crippen molar-refractivity contribution < 1.29 is 4.42 Å². The minimum Gasteiger partial charge on any atom is -0.469 e. The Morgan fingerprint density at radius 2 is 2.47 bits per heavy atom. The molecule has 1 aromatic heterocycles. The minimum atomic E-state index is 0.311. The normalized spacial score (nSPS) is 13.9. The molecule has 0 saturated carbocycles. The predicted octanol–water partition coefficient (Wildman–Crippen LogP) is 1.52. The van der Waals surface area contributed by atoms with Crippen molar-refractivity contribution in [2.24, 2.45) is 10.7 Å². The van der Waals surface area contributed by atoms with Crippen LogP contribution in [0.5, 0.6) is 0 Å². The lowest BCUT2D eigenvalue weighted by Crippen LogP contribution is -2.38. The van der Waals surface area contributed by atoms with Gasteiger partial charge in [-0.15, -0.1) is 0 Å². The molecular formula is C11H19N3O. The van der Waals surface area contributed by atoms with Crippen LogP contribution in [0.2, 0.25) is 0 Å². The van der Waals surface area contributed by atoms with E-state index >= 15 is 0 Å². The number of rotatable bonds is 5. The maximum absolute atomic E-state index is 5.65. The van der Waals surface area contributed by atoms with E-state index in [1.807, 2.05) is 19.1 Å². The zero-order chi connectivity index (χ0) is 11.1. The number of aliphatic imine (C=N–C) groups is 1. The van der Waals surface area contributed by atoms with E-state index < -0.39 is 0 Å². The predicted molar refractivity (Wildman–Crippen MR) is 61.8 cm³/mol. The summed E-state index contributed by atoms with van der Waals surface area (Å²) in [6.07, 6.45) is 3.59. The fraction of sp³-hybridized carbons (Fsp3) is 0.545. The van der Waals surface area contributed by atoms with E-state index in [1.54, 1.807) is 6.26 Å². The molecule has 0 spiro atoms. The van der Waals surface area contributed by atoms with E-state index in [-0.39, 0.29) is 0 Å². The van der Waals surface area contributed by atoms with Gasteiger partial charge in [0.25, 0.3) is 0 Å². The Kier molecular flexibility index (Phi) is 4.74. The van der Waals surface area contributed by atoms with Gasteiger partial charge in [-0.3, -0.25) is 4.99 Å². The molecule has 84 valence electrons. The van der Waals surface area contributed by atoms with E-state index in [2.05, 4.69) is 17.2 Å². The zero-order valence-electron chi connectivity index (χ0n) is 9.36. The van der Waals surface area contributed by atoms with Crippen LogP contribution in [0.1, 0.15) is 26.0 Å². The summed E-state index contributed by atoms with van der Waals surface area (Å²) in [5, 5.41) is 3.13. The van der Waals surface area contributed by atoms with Crippen LogP contribution >= 0.6 is 0 Å². The van der Waals surface area contributed by atoms with Gasteiger partial charge in [-0.25, -0.2) is 0 Å². The molecule has 0 aliphatic heterocycles. The largest absolute Gasteiger partial charge is 0.469 e. The Morgan fingerprint density at radius 1 is 1.67 bits per heavy atom. The second-order valence-corrected chi connectivity index (χ2v) is 3.52. The molecule has 0 aliphatic rings. The molecule has 1 aromatic rings. The lowest BCUT2D eigenvalue weighted by molar-refractivity contribution is 0.482. The quantitative estimate of drug-likeness (QED) is 0.571. The molecular weight excluding hydrogens is 190 g/mol. The number of aryl methyl sites for hydroxylation is 1. The topological polar surface area (TPSA) is 63.5 Å². The summed E-state index contributed by atoms with van der Waals surface area (Å²) in [7, 11) is 0. The maximum atomic E-state index is 5.65. The van der Waals surface area contributed by atoms with Crippen molar-refractivity contribution in [2.45, 2.75) is 32.7 Å². The molecule has 0 aromatic carbocycles. The minimum absolute atomic E-state index is 0.311. The third-order valence-corrected chi connectivity index (χ3v) is 2.13. The first-order valence-corrected chi connectivity index (χ1v) is 5.31. The number of furan rings is 1. The molecule has 0 saturated heterocycles. The number of nitrogens with one attached hydrogen (secondary N) is 1. The Labute approximate surface area is 90.6 Å². The second-order valence-electron chi connectivity index (χ2n) is 3.52. The van der Waals surface area contributed by atoms with Gasteiger partial charge in [-0.05, 0) is 32.4 Å². The van der Waals surface area contributed by atoms with Crippen LogP contribution in [0.3, 0.4) is 0 Å². The molecule has 15 heavy (non-hydrogen) atoms. The third kappa shape index (κ3) is 4.54. The van der Waals surface area contributed by atoms with Gasteiger partial charge in [0, 0.05) is 19.0 Å². The summed E-state index contributed by atoms with van der Waals surface area (Å²) < 4.78 is 5.25. The Hall–Kier alpha value is -1.45. The maximum Gasteiger partial charge on any atom is 0.188 e. The van der Waals surface area contributed by atoms with Gasteiger partial charge in [0.15, 0.2) is 5.96 Å². The molecule has 4 heteroatoms. The highest BCUT2D eigenvalue weighted by Crippen LogP contribution is 2.05. The molecule has 0 aliphatic carbocycles. The lowest BCUT2D eigenvalue weighted by atomic mass is 10.1. The summed E-state index contributed by atoms with van der Waals surface area (Å²) in [6, 6.07) is 4.20. The van der Waals surface area contributed by atoms with Gasteiger partial charge in [-0.2, -0.15) is 0 Å². The monoisotopic (exact) mass is 209 g/mol. The van der Waals surface area contributed by atoms with Crippen molar-refractivity contribution in [1.82, 2.24) is 5.32 Å². The van der Waals surface area contributed by atoms with Crippen LogP contribution in [0.15, 0.2) is 27.8 Å². The SMILES string of the molecule is CCN=C(N)NC(C)CCc1ccco1. The number of nitrogens with two attached hydrogens (primary N) is 1. The van der Waals surface area contributed by atoms with Gasteiger partial charge in [0.2, 0.25) is 0 Å². The van der Waals surface area contributed by atoms with E-state index in [9.17, 15) is 0 Å². The highest BCUT2D eigenvalue weighted by atomic mass is 16.3. The van der Waals surface area contributed by atoms with E-state index in [0.29, 0.717) is 18.5 Å². The fourth-order valence-corrected chi connectivity index (χ4v) is 1.35. The van der Waals surface area contributed by atoms with E-state index in [4.69, 9.17) is 10.2 Å². The first-order valence-electron chi connectivity index (χ1n) is 5.31. The smallest absolute Gasteiger partial charge is 0.188 e. The molecule has 0 bridgehead atoms. The van der Waals surface area contributed by atoms with Crippen molar-refractivity contribution in [3.63, 3.8) is 0 Å². The fourth-order valence-electron chi connectivity index (χ4n) is 1.35. The number of hydrogen-bond acceptors (Lipinski definition) is 2.